The summed E-state index contributed by atoms with van der Waals surface area (Å²) in [5.41, 5.74) is 0. The fourth-order valence-electron chi connectivity index (χ4n) is 6.19. The van der Waals surface area contributed by atoms with Gasteiger partial charge in [-0.25, -0.2) is 0 Å². The molecule has 2 unspecified atom stereocenters. The molecule has 0 saturated heterocycles. The van der Waals surface area contributed by atoms with E-state index in [1.807, 2.05) is 0 Å². The highest BCUT2D eigenvalue weighted by atomic mass is 15.1. The predicted octanol–water partition coefficient (Wildman–Crippen LogP) is 6.19. The first kappa shape index (κ1) is 20.6. The smallest absolute Gasteiger partial charge is 0.0223 e. The molecule has 0 radical (unpaired) electrons. The van der Waals surface area contributed by atoms with E-state index in [-0.39, 0.29) is 0 Å². The van der Waals surface area contributed by atoms with Gasteiger partial charge in [0.05, 0.1) is 0 Å². The van der Waals surface area contributed by atoms with Gasteiger partial charge in [-0.3, -0.25) is 0 Å². The van der Waals surface area contributed by atoms with Crippen molar-refractivity contribution in [3.05, 3.63) is 0 Å². The summed E-state index contributed by atoms with van der Waals surface area (Å²) in [6.07, 6.45) is 22.9. The summed E-state index contributed by atoms with van der Waals surface area (Å²) in [5, 5.41) is 8.25. The van der Waals surface area contributed by atoms with Gasteiger partial charge < -0.3 is 10.6 Å². The summed E-state index contributed by atoms with van der Waals surface area (Å²) < 4.78 is 0. The van der Waals surface area contributed by atoms with Crippen LogP contribution in [-0.4, -0.2) is 24.2 Å². The SMILES string of the molecule is CCCC1CCC(NC2CCCCC2NC2CCC(CCC)CC2)CC1. The standard InChI is InChI=1S/C24H46N2/c1-3-7-19-11-15-21(16-12-19)25-23-9-5-6-10-24(23)26-22-17-13-20(8-4-2)14-18-22/h19-26H,3-18H2,1-2H3. The first-order chi connectivity index (χ1) is 12.8. The Morgan fingerprint density at radius 1 is 0.538 bits per heavy atom. The quantitative estimate of drug-likeness (QED) is 0.537. The minimum Gasteiger partial charge on any atom is -0.310 e. The number of hydrogen-bond acceptors (Lipinski definition) is 2. The van der Waals surface area contributed by atoms with Gasteiger partial charge in [0.1, 0.15) is 0 Å². The Morgan fingerprint density at radius 2 is 0.923 bits per heavy atom. The Balaban J connectivity index is 1.42. The molecule has 0 amide bonds. The van der Waals surface area contributed by atoms with Crippen LogP contribution in [0.25, 0.3) is 0 Å². The topological polar surface area (TPSA) is 24.1 Å². The van der Waals surface area contributed by atoms with Gasteiger partial charge in [-0.15, -0.1) is 0 Å². The Hall–Kier alpha value is -0.0800. The fourth-order valence-corrected chi connectivity index (χ4v) is 6.19. The van der Waals surface area contributed by atoms with E-state index in [9.17, 15) is 0 Å². The van der Waals surface area contributed by atoms with E-state index in [1.54, 1.807) is 0 Å². The molecule has 0 spiro atoms. The lowest BCUT2D eigenvalue weighted by atomic mass is 9.81. The minimum absolute atomic E-state index is 0.741. The zero-order valence-corrected chi connectivity index (χ0v) is 17.8. The highest BCUT2D eigenvalue weighted by Gasteiger charge is 2.31. The molecule has 3 saturated carbocycles. The molecule has 2 nitrogen and oxygen atoms in total. The summed E-state index contributed by atoms with van der Waals surface area (Å²) in [4.78, 5) is 0. The van der Waals surface area contributed by atoms with E-state index >= 15 is 0 Å². The van der Waals surface area contributed by atoms with E-state index in [4.69, 9.17) is 0 Å². The molecule has 2 heteroatoms. The Labute approximate surface area is 163 Å². The molecule has 3 aliphatic carbocycles. The second-order valence-electron chi connectivity index (χ2n) is 9.84. The monoisotopic (exact) mass is 362 g/mol. The van der Waals surface area contributed by atoms with Crippen molar-refractivity contribution in [3.63, 3.8) is 0 Å². The van der Waals surface area contributed by atoms with Gasteiger partial charge in [-0.05, 0) is 76.0 Å². The molecule has 0 aromatic carbocycles. The lowest BCUT2D eigenvalue weighted by Gasteiger charge is -2.41. The summed E-state index contributed by atoms with van der Waals surface area (Å²) in [7, 11) is 0. The van der Waals surface area contributed by atoms with Gasteiger partial charge >= 0.3 is 0 Å². The van der Waals surface area contributed by atoms with Gasteiger partial charge in [-0.2, -0.15) is 0 Å². The minimum atomic E-state index is 0.741. The van der Waals surface area contributed by atoms with Crippen LogP contribution < -0.4 is 10.6 Å². The number of rotatable bonds is 8. The van der Waals surface area contributed by atoms with Gasteiger partial charge in [-0.1, -0.05) is 52.4 Å². The van der Waals surface area contributed by atoms with E-state index in [2.05, 4.69) is 24.5 Å². The van der Waals surface area contributed by atoms with Crippen molar-refractivity contribution in [2.24, 2.45) is 11.8 Å². The van der Waals surface area contributed by atoms with E-state index < -0.39 is 0 Å². The Bertz CT molecular complexity index is 330. The largest absolute Gasteiger partial charge is 0.310 e. The maximum absolute atomic E-state index is 4.13. The van der Waals surface area contributed by atoms with Crippen molar-refractivity contribution in [2.75, 3.05) is 0 Å². The Kier molecular flexibility index (Phi) is 8.78. The molecular weight excluding hydrogens is 316 g/mol. The molecule has 3 fully saturated rings. The third kappa shape index (κ3) is 6.23. The van der Waals surface area contributed by atoms with Gasteiger partial charge in [0, 0.05) is 24.2 Å². The van der Waals surface area contributed by atoms with Crippen molar-refractivity contribution >= 4 is 0 Å². The van der Waals surface area contributed by atoms with Crippen LogP contribution in [0.3, 0.4) is 0 Å². The average Bonchev–Trinajstić information content (AvgIpc) is 2.67. The summed E-state index contributed by atoms with van der Waals surface area (Å²) in [6, 6.07) is 3.08. The molecule has 0 bridgehead atoms. The second-order valence-corrected chi connectivity index (χ2v) is 9.84. The normalized spacial score (nSPS) is 39.0. The average molecular weight is 363 g/mol. The van der Waals surface area contributed by atoms with Crippen molar-refractivity contribution in [3.8, 4) is 0 Å². The molecule has 26 heavy (non-hydrogen) atoms. The van der Waals surface area contributed by atoms with E-state index in [0.717, 1.165) is 36.0 Å². The first-order valence-corrected chi connectivity index (χ1v) is 12.3. The summed E-state index contributed by atoms with van der Waals surface area (Å²) in [6.45, 7) is 4.69. The molecule has 2 atom stereocenters. The van der Waals surface area contributed by atoms with Crippen LogP contribution in [-0.2, 0) is 0 Å². The van der Waals surface area contributed by atoms with E-state index in [1.165, 1.54) is 103 Å². The van der Waals surface area contributed by atoms with Crippen LogP contribution in [0.1, 0.15) is 117 Å². The van der Waals surface area contributed by atoms with Crippen molar-refractivity contribution in [1.82, 2.24) is 10.6 Å². The zero-order valence-electron chi connectivity index (χ0n) is 17.8. The number of nitrogens with one attached hydrogen (secondary N) is 2. The third-order valence-electron chi connectivity index (χ3n) is 7.75. The van der Waals surface area contributed by atoms with Crippen molar-refractivity contribution in [1.29, 1.82) is 0 Å². The molecule has 152 valence electrons. The first-order valence-electron chi connectivity index (χ1n) is 12.3. The molecule has 2 N–H and O–H groups in total. The van der Waals surface area contributed by atoms with Crippen molar-refractivity contribution in [2.45, 2.75) is 141 Å². The number of hydrogen-bond donors (Lipinski definition) is 2. The lowest BCUT2D eigenvalue weighted by Crippen LogP contribution is -2.56. The highest BCUT2D eigenvalue weighted by molar-refractivity contribution is 4.92. The predicted molar refractivity (Wildman–Crippen MR) is 114 cm³/mol. The van der Waals surface area contributed by atoms with Gasteiger partial charge in [0.2, 0.25) is 0 Å². The fraction of sp³-hybridized carbons (Fsp3) is 1.00. The molecule has 3 rings (SSSR count). The van der Waals surface area contributed by atoms with Gasteiger partial charge in [0.15, 0.2) is 0 Å². The second kappa shape index (κ2) is 11.1. The zero-order chi connectivity index (χ0) is 18.2. The highest BCUT2D eigenvalue weighted by Crippen LogP contribution is 2.31. The van der Waals surface area contributed by atoms with Gasteiger partial charge in [0.25, 0.3) is 0 Å². The van der Waals surface area contributed by atoms with Crippen LogP contribution in [0, 0.1) is 11.8 Å². The van der Waals surface area contributed by atoms with Crippen LogP contribution in [0.5, 0.6) is 0 Å². The van der Waals surface area contributed by atoms with E-state index in [0.29, 0.717) is 0 Å². The maximum Gasteiger partial charge on any atom is 0.0223 e. The third-order valence-corrected chi connectivity index (χ3v) is 7.75. The van der Waals surface area contributed by atoms with Crippen LogP contribution in [0.15, 0.2) is 0 Å². The molecular formula is C24H46N2. The molecule has 0 aromatic rings. The molecule has 0 aromatic heterocycles. The molecule has 0 heterocycles. The Morgan fingerprint density at radius 3 is 1.27 bits per heavy atom. The summed E-state index contributed by atoms with van der Waals surface area (Å²) >= 11 is 0. The van der Waals surface area contributed by atoms with Crippen molar-refractivity contribution < 1.29 is 0 Å². The summed E-state index contributed by atoms with van der Waals surface area (Å²) in [5.74, 6) is 2.05. The lowest BCUT2D eigenvalue weighted by molar-refractivity contribution is 0.189. The molecule has 3 aliphatic rings. The van der Waals surface area contributed by atoms with Crippen LogP contribution in [0.2, 0.25) is 0 Å². The van der Waals surface area contributed by atoms with Crippen LogP contribution >= 0.6 is 0 Å². The maximum atomic E-state index is 4.13. The van der Waals surface area contributed by atoms with Crippen LogP contribution in [0.4, 0.5) is 0 Å². The molecule has 0 aliphatic heterocycles.